The third-order valence-corrected chi connectivity index (χ3v) is 11.9. The van der Waals surface area contributed by atoms with E-state index in [2.05, 4.69) is 17.4 Å². The molecule has 0 saturated heterocycles. The summed E-state index contributed by atoms with van der Waals surface area (Å²) >= 11 is 6.17. The first-order valence-corrected chi connectivity index (χ1v) is 19.4. The van der Waals surface area contributed by atoms with Crippen LogP contribution in [-0.4, -0.2) is 49.5 Å². The number of benzene rings is 3. The molecular formula is C39H48ClN3O4S. The second-order valence-electron chi connectivity index (χ2n) is 15.6. The molecule has 0 spiro atoms. The van der Waals surface area contributed by atoms with Crippen molar-refractivity contribution < 1.29 is 18.0 Å². The summed E-state index contributed by atoms with van der Waals surface area (Å²) < 4.78 is 27.8. The van der Waals surface area contributed by atoms with E-state index in [4.69, 9.17) is 11.6 Å². The van der Waals surface area contributed by atoms with E-state index in [1.165, 1.54) is 53.3 Å². The molecule has 4 aliphatic carbocycles. The highest BCUT2D eigenvalue weighted by Gasteiger charge is 2.51. The van der Waals surface area contributed by atoms with E-state index in [9.17, 15) is 18.0 Å². The number of hydrogen-bond donors (Lipinski definition) is 1. The fourth-order valence-electron chi connectivity index (χ4n) is 8.85. The van der Waals surface area contributed by atoms with E-state index >= 15 is 0 Å². The predicted octanol–water partition coefficient (Wildman–Crippen LogP) is 7.13. The number of rotatable bonds is 11. The van der Waals surface area contributed by atoms with Crippen LogP contribution in [0, 0.1) is 17.8 Å². The zero-order valence-electron chi connectivity index (χ0n) is 28.5. The second kappa shape index (κ2) is 13.5. The van der Waals surface area contributed by atoms with Crippen LogP contribution in [-0.2, 0) is 38.0 Å². The lowest BCUT2D eigenvalue weighted by Gasteiger charge is -2.57. The molecule has 7 nitrogen and oxygen atoms in total. The number of carbonyl (C=O) groups excluding carboxylic acids is 2. The molecule has 4 fully saturated rings. The second-order valence-corrected chi connectivity index (χ2v) is 18.0. The largest absolute Gasteiger partial charge is 0.350 e. The molecule has 7 rings (SSSR count). The average Bonchev–Trinajstić information content (AvgIpc) is 3.01. The van der Waals surface area contributed by atoms with Gasteiger partial charge in [0.05, 0.1) is 11.9 Å². The Hall–Kier alpha value is -3.36. The molecule has 256 valence electrons. The molecular weight excluding hydrogens is 642 g/mol. The number of hydrogen-bond acceptors (Lipinski definition) is 4. The van der Waals surface area contributed by atoms with Gasteiger partial charge in [0, 0.05) is 23.5 Å². The maximum Gasteiger partial charge on any atom is 0.244 e. The summed E-state index contributed by atoms with van der Waals surface area (Å²) in [7, 11) is -3.85. The first-order valence-electron chi connectivity index (χ1n) is 17.2. The Labute approximate surface area is 291 Å². The van der Waals surface area contributed by atoms with Gasteiger partial charge in [-0.2, -0.15) is 0 Å². The van der Waals surface area contributed by atoms with Crippen LogP contribution in [0.4, 0.5) is 5.69 Å². The average molecular weight is 690 g/mol. The van der Waals surface area contributed by atoms with Crippen LogP contribution in [0.5, 0.6) is 0 Å². The van der Waals surface area contributed by atoms with E-state index < -0.39 is 34.1 Å². The summed E-state index contributed by atoms with van der Waals surface area (Å²) in [6, 6.07) is 23.7. The minimum Gasteiger partial charge on any atom is -0.350 e. The number of halogens is 1. The van der Waals surface area contributed by atoms with Gasteiger partial charge in [-0.05, 0) is 123 Å². The van der Waals surface area contributed by atoms with E-state index in [-0.39, 0.29) is 24.3 Å². The van der Waals surface area contributed by atoms with Crippen LogP contribution >= 0.6 is 11.6 Å². The molecule has 4 bridgehead atoms. The quantitative estimate of drug-likeness (QED) is 0.232. The number of anilines is 1. The molecule has 3 aromatic carbocycles. The molecule has 48 heavy (non-hydrogen) atoms. The van der Waals surface area contributed by atoms with E-state index in [0.717, 1.165) is 35.1 Å². The zero-order valence-corrected chi connectivity index (χ0v) is 30.1. The normalized spacial score (nSPS) is 23.8. The molecule has 0 radical (unpaired) electrons. The predicted molar refractivity (Wildman–Crippen MR) is 192 cm³/mol. The van der Waals surface area contributed by atoms with Crippen LogP contribution in [0.2, 0.25) is 5.02 Å². The van der Waals surface area contributed by atoms with Gasteiger partial charge < -0.3 is 10.2 Å². The van der Waals surface area contributed by atoms with Crippen LogP contribution in [0.1, 0.15) is 76.0 Å². The molecule has 0 aromatic heterocycles. The monoisotopic (exact) mass is 689 g/mol. The lowest BCUT2D eigenvalue weighted by Crippen LogP contribution is -2.56. The molecule has 4 aliphatic rings. The summed E-state index contributed by atoms with van der Waals surface area (Å²) in [5.74, 6) is 1.62. The number of nitrogens with one attached hydrogen (secondary N) is 1. The molecule has 0 unspecified atom stereocenters. The maximum absolute atomic E-state index is 14.5. The molecule has 3 aromatic rings. The SMILES string of the molecule is CC(C)(C)NC(=O)[C@@H](Cc1ccccc1)N(Cc1ccc(Cl)cc1)C(=O)CN(c1ccc(C23CC4CC(CC(C4)C2)C3)cc1)S(C)(=O)=O. The Morgan fingerprint density at radius 2 is 1.42 bits per heavy atom. The van der Waals surface area contributed by atoms with Gasteiger partial charge in [0.15, 0.2) is 0 Å². The molecule has 1 atom stereocenters. The van der Waals surface area contributed by atoms with Crippen molar-refractivity contribution in [3.8, 4) is 0 Å². The van der Waals surface area contributed by atoms with Crippen molar-refractivity contribution in [1.82, 2.24) is 10.2 Å². The van der Waals surface area contributed by atoms with Gasteiger partial charge in [-0.25, -0.2) is 8.42 Å². The zero-order chi connectivity index (χ0) is 34.3. The fraction of sp³-hybridized carbons (Fsp3) is 0.487. The van der Waals surface area contributed by atoms with Crippen molar-refractivity contribution in [2.24, 2.45) is 17.8 Å². The molecule has 9 heteroatoms. The third-order valence-electron chi connectivity index (χ3n) is 10.5. The minimum absolute atomic E-state index is 0.105. The third kappa shape index (κ3) is 7.92. The Morgan fingerprint density at radius 3 is 1.94 bits per heavy atom. The van der Waals surface area contributed by atoms with Crippen molar-refractivity contribution in [3.05, 3.63) is 101 Å². The van der Waals surface area contributed by atoms with Crippen molar-refractivity contribution in [1.29, 1.82) is 0 Å². The van der Waals surface area contributed by atoms with E-state index in [1.54, 1.807) is 12.1 Å². The highest BCUT2D eigenvalue weighted by Crippen LogP contribution is 2.60. The van der Waals surface area contributed by atoms with Gasteiger partial charge in [-0.15, -0.1) is 0 Å². The molecule has 4 saturated carbocycles. The van der Waals surface area contributed by atoms with Crippen LogP contribution in [0.25, 0.3) is 0 Å². The van der Waals surface area contributed by atoms with Gasteiger partial charge in [0.1, 0.15) is 12.6 Å². The summed E-state index contributed by atoms with van der Waals surface area (Å²) in [6.07, 6.45) is 9.10. The molecule has 0 heterocycles. The Kier molecular flexibility index (Phi) is 9.71. The van der Waals surface area contributed by atoms with Crippen molar-refractivity contribution in [2.75, 3.05) is 17.1 Å². The van der Waals surface area contributed by atoms with Crippen LogP contribution < -0.4 is 9.62 Å². The first kappa shape index (κ1) is 34.5. The molecule has 2 amide bonds. The molecule has 1 N–H and O–H groups in total. The fourth-order valence-corrected chi connectivity index (χ4v) is 9.83. The van der Waals surface area contributed by atoms with Gasteiger partial charge in [-0.1, -0.05) is 66.2 Å². The number of amides is 2. The number of sulfonamides is 1. The summed E-state index contributed by atoms with van der Waals surface area (Å²) in [5, 5.41) is 3.62. The minimum atomic E-state index is -3.85. The van der Waals surface area contributed by atoms with Crippen molar-refractivity contribution >= 4 is 39.1 Å². The Morgan fingerprint density at radius 1 is 0.854 bits per heavy atom. The van der Waals surface area contributed by atoms with E-state index in [1.807, 2.05) is 75.4 Å². The van der Waals surface area contributed by atoms with Crippen molar-refractivity contribution in [3.63, 3.8) is 0 Å². The Bertz CT molecular complexity index is 1680. The lowest BCUT2D eigenvalue weighted by molar-refractivity contribution is -0.140. The highest BCUT2D eigenvalue weighted by molar-refractivity contribution is 7.92. The Balaban J connectivity index is 1.31. The van der Waals surface area contributed by atoms with Gasteiger partial charge in [0.25, 0.3) is 0 Å². The first-order chi connectivity index (χ1) is 22.7. The summed E-state index contributed by atoms with van der Waals surface area (Å²) in [6.45, 7) is 5.36. The summed E-state index contributed by atoms with van der Waals surface area (Å²) in [4.78, 5) is 29.9. The maximum atomic E-state index is 14.5. The topological polar surface area (TPSA) is 86.8 Å². The number of carbonyl (C=O) groups is 2. The van der Waals surface area contributed by atoms with E-state index in [0.29, 0.717) is 10.7 Å². The summed E-state index contributed by atoms with van der Waals surface area (Å²) in [5.41, 5.74) is 3.04. The van der Waals surface area contributed by atoms with Gasteiger partial charge in [-0.3, -0.25) is 13.9 Å². The standard InChI is InChI=1S/C39H48ClN3O4S/c1-38(2,3)41-37(45)35(21-27-8-6-5-7-9-27)42(25-28-10-14-33(40)15-11-28)36(44)26-43(48(4,46)47)34-16-12-32(13-17-34)39-22-29-18-30(23-39)20-31(19-29)24-39/h5-17,29-31,35H,18-26H2,1-4H3,(H,41,45)/t29?,30?,31?,35-,39?/m1/s1. The van der Waals surface area contributed by atoms with Crippen LogP contribution in [0.3, 0.4) is 0 Å². The lowest BCUT2D eigenvalue weighted by atomic mass is 9.48. The highest BCUT2D eigenvalue weighted by atomic mass is 35.5. The smallest absolute Gasteiger partial charge is 0.244 e. The molecule has 0 aliphatic heterocycles. The number of nitrogens with zero attached hydrogens (tertiary/aromatic N) is 2. The van der Waals surface area contributed by atoms with Gasteiger partial charge in [0.2, 0.25) is 21.8 Å². The van der Waals surface area contributed by atoms with Crippen molar-refractivity contribution in [2.45, 2.75) is 89.3 Å². The van der Waals surface area contributed by atoms with Gasteiger partial charge >= 0.3 is 0 Å². The van der Waals surface area contributed by atoms with Crippen LogP contribution in [0.15, 0.2) is 78.9 Å².